The van der Waals surface area contributed by atoms with Crippen molar-refractivity contribution in [2.45, 2.75) is 31.2 Å². The van der Waals surface area contributed by atoms with Gasteiger partial charge in [0.15, 0.2) is 0 Å². The van der Waals surface area contributed by atoms with Gasteiger partial charge in [0.25, 0.3) is 15.9 Å². The first-order valence-electron chi connectivity index (χ1n) is 6.64. The second-order valence-corrected chi connectivity index (χ2v) is 8.66. The van der Waals surface area contributed by atoms with Gasteiger partial charge in [-0.25, -0.2) is 13.1 Å². The van der Waals surface area contributed by atoms with E-state index in [0.29, 0.717) is 17.4 Å². The van der Waals surface area contributed by atoms with E-state index in [0.717, 1.165) is 0 Å². The van der Waals surface area contributed by atoms with Crippen molar-refractivity contribution in [2.75, 3.05) is 6.54 Å². The Labute approximate surface area is 138 Å². The third kappa shape index (κ3) is 3.85. The topological polar surface area (TPSA) is 99.1 Å². The zero-order valence-corrected chi connectivity index (χ0v) is 14.6. The van der Waals surface area contributed by atoms with Gasteiger partial charge >= 0.3 is 0 Å². The first-order valence-corrected chi connectivity index (χ1v) is 8.91. The van der Waals surface area contributed by atoms with Crippen molar-refractivity contribution < 1.29 is 13.2 Å². The van der Waals surface area contributed by atoms with Gasteiger partial charge in [-0.2, -0.15) is 5.26 Å². The fraction of sp³-hybridized carbons (Fsp3) is 0.429. The molecule has 0 aromatic heterocycles. The molecule has 0 saturated carbocycles. The number of halogens is 1. The van der Waals surface area contributed by atoms with Gasteiger partial charge in [-0.15, -0.1) is 0 Å². The standard InChI is InChI=1S/C14H16BrN3O3S/c1-14(2)6-12(17-8-14)13(19)18-22(20,21)11-4-9(7-16)3-10(15)5-11/h3-5,12,17H,6,8H2,1-2H3,(H,18,19)/t12-/m1/s1. The lowest BCUT2D eigenvalue weighted by Gasteiger charge is -2.15. The first kappa shape index (κ1) is 16.9. The van der Waals surface area contributed by atoms with E-state index < -0.39 is 22.0 Å². The molecule has 0 radical (unpaired) electrons. The van der Waals surface area contributed by atoms with Crippen LogP contribution in [0.3, 0.4) is 0 Å². The molecular weight excluding hydrogens is 370 g/mol. The third-order valence-corrected chi connectivity index (χ3v) is 5.23. The summed E-state index contributed by atoms with van der Waals surface area (Å²) in [6.45, 7) is 4.67. The summed E-state index contributed by atoms with van der Waals surface area (Å²) in [5.41, 5.74) is 0.150. The molecule has 8 heteroatoms. The Morgan fingerprint density at radius 2 is 2.14 bits per heavy atom. The van der Waals surface area contributed by atoms with E-state index in [9.17, 15) is 13.2 Å². The maximum absolute atomic E-state index is 12.3. The molecule has 1 atom stereocenters. The van der Waals surface area contributed by atoms with E-state index in [1.165, 1.54) is 18.2 Å². The molecule has 22 heavy (non-hydrogen) atoms. The normalized spacial score (nSPS) is 20.4. The largest absolute Gasteiger partial charge is 0.305 e. The van der Waals surface area contributed by atoms with Gasteiger partial charge in [-0.05, 0) is 30.0 Å². The molecule has 1 aromatic rings. The average Bonchev–Trinajstić information content (AvgIpc) is 2.78. The van der Waals surface area contributed by atoms with Crippen molar-refractivity contribution in [1.82, 2.24) is 10.0 Å². The third-order valence-electron chi connectivity index (χ3n) is 3.45. The molecule has 2 rings (SSSR count). The van der Waals surface area contributed by atoms with Crippen LogP contribution in [0.25, 0.3) is 0 Å². The highest BCUT2D eigenvalue weighted by Gasteiger charge is 2.36. The van der Waals surface area contributed by atoms with Crippen molar-refractivity contribution in [1.29, 1.82) is 5.26 Å². The number of carbonyl (C=O) groups is 1. The van der Waals surface area contributed by atoms with E-state index in [1.807, 2.05) is 19.9 Å². The van der Waals surface area contributed by atoms with Crippen molar-refractivity contribution in [2.24, 2.45) is 5.41 Å². The van der Waals surface area contributed by atoms with Gasteiger partial charge in [-0.1, -0.05) is 29.8 Å². The maximum atomic E-state index is 12.3. The van der Waals surface area contributed by atoms with Gasteiger partial charge in [-0.3, -0.25) is 4.79 Å². The van der Waals surface area contributed by atoms with E-state index in [2.05, 4.69) is 26.0 Å². The minimum absolute atomic E-state index is 0.0461. The second-order valence-electron chi connectivity index (χ2n) is 6.06. The Bertz CT molecular complexity index is 753. The zero-order chi connectivity index (χ0) is 16.5. The van der Waals surface area contributed by atoms with Crippen LogP contribution in [0.15, 0.2) is 27.6 Å². The fourth-order valence-corrected chi connectivity index (χ4v) is 4.06. The minimum Gasteiger partial charge on any atom is -0.305 e. The summed E-state index contributed by atoms with van der Waals surface area (Å²) in [6.07, 6.45) is 0.566. The van der Waals surface area contributed by atoms with E-state index >= 15 is 0 Å². The molecule has 0 aliphatic carbocycles. The van der Waals surface area contributed by atoms with E-state index in [1.54, 1.807) is 0 Å². The molecule has 1 amide bonds. The van der Waals surface area contributed by atoms with E-state index in [4.69, 9.17) is 5.26 Å². The Morgan fingerprint density at radius 3 is 2.68 bits per heavy atom. The van der Waals surface area contributed by atoms with Crippen LogP contribution in [0.4, 0.5) is 0 Å². The summed E-state index contributed by atoms with van der Waals surface area (Å²) in [7, 11) is -4.01. The minimum atomic E-state index is -4.01. The molecule has 0 spiro atoms. The van der Waals surface area contributed by atoms with Crippen molar-refractivity contribution >= 4 is 31.9 Å². The van der Waals surface area contributed by atoms with Gasteiger partial charge in [0.1, 0.15) is 0 Å². The number of rotatable bonds is 3. The molecule has 1 aliphatic heterocycles. The van der Waals surface area contributed by atoms with Gasteiger partial charge < -0.3 is 5.32 Å². The number of benzene rings is 1. The molecular formula is C14H16BrN3O3S. The predicted molar refractivity (Wildman–Crippen MR) is 84.4 cm³/mol. The molecule has 1 aromatic carbocycles. The molecule has 0 bridgehead atoms. The number of nitrogens with zero attached hydrogens (tertiary/aromatic N) is 1. The van der Waals surface area contributed by atoms with Crippen LogP contribution in [0, 0.1) is 16.7 Å². The lowest BCUT2D eigenvalue weighted by atomic mass is 9.90. The number of hydrogen-bond donors (Lipinski definition) is 2. The fourth-order valence-electron chi connectivity index (χ4n) is 2.33. The molecule has 2 N–H and O–H groups in total. The average molecular weight is 386 g/mol. The maximum Gasteiger partial charge on any atom is 0.264 e. The molecule has 1 fully saturated rings. The van der Waals surface area contributed by atoms with Gasteiger partial charge in [0.2, 0.25) is 0 Å². The highest BCUT2D eigenvalue weighted by Crippen LogP contribution is 2.27. The van der Waals surface area contributed by atoms with Crippen molar-refractivity contribution in [3.8, 4) is 6.07 Å². The first-order chi connectivity index (χ1) is 10.1. The number of amides is 1. The highest BCUT2D eigenvalue weighted by molar-refractivity contribution is 9.10. The number of hydrogen-bond acceptors (Lipinski definition) is 5. The van der Waals surface area contributed by atoms with Crippen LogP contribution in [-0.2, 0) is 14.8 Å². The molecule has 1 aliphatic rings. The van der Waals surface area contributed by atoms with Crippen molar-refractivity contribution in [3.05, 3.63) is 28.2 Å². The van der Waals surface area contributed by atoms with E-state index in [-0.39, 0.29) is 15.9 Å². The van der Waals surface area contributed by atoms with Crippen LogP contribution in [0.5, 0.6) is 0 Å². The summed E-state index contributed by atoms with van der Waals surface area (Å²) < 4.78 is 27.1. The summed E-state index contributed by atoms with van der Waals surface area (Å²) in [5, 5.41) is 11.9. The monoisotopic (exact) mass is 385 g/mol. The van der Waals surface area contributed by atoms with Crippen LogP contribution in [0.1, 0.15) is 25.8 Å². The smallest absolute Gasteiger partial charge is 0.264 e. The summed E-state index contributed by atoms with van der Waals surface area (Å²) in [5.74, 6) is -0.580. The quantitative estimate of drug-likeness (QED) is 0.821. The van der Waals surface area contributed by atoms with Crippen LogP contribution < -0.4 is 10.0 Å². The Balaban J connectivity index is 2.20. The van der Waals surface area contributed by atoms with Gasteiger partial charge in [0, 0.05) is 11.0 Å². The Morgan fingerprint density at radius 1 is 1.45 bits per heavy atom. The van der Waals surface area contributed by atoms with Crippen LogP contribution in [-0.4, -0.2) is 26.9 Å². The summed E-state index contributed by atoms with van der Waals surface area (Å²) in [6, 6.07) is 5.43. The SMILES string of the molecule is CC1(C)CN[C@@H](C(=O)NS(=O)(=O)c2cc(Br)cc(C#N)c2)C1. The molecule has 1 saturated heterocycles. The lowest BCUT2D eigenvalue weighted by Crippen LogP contribution is -2.43. The predicted octanol–water partition coefficient (Wildman–Crippen LogP) is 1.51. The molecule has 118 valence electrons. The second kappa shape index (κ2) is 5.99. The number of sulfonamides is 1. The number of nitrogens with one attached hydrogen (secondary N) is 2. The zero-order valence-electron chi connectivity index (χ0n) is 12.2. The Hall–Kier alpha value is -1.43. The highest BCUT2D eigenvalue weighted by atomic mass is 79.9. The summed E-state index contributed by atoms with van der Waals surface area (Å²) >= 11 is 3.15. The molecule has 6 nitrogen and oxygen atoms in total. The lowest BCUT2D eigenvalue weighted by molar-refractivity contribution is -0.121. The van der Waals surface area contributed by atoms with Crippen LogP contribution in [0.2, 0.25) is 0 Å². The van der Waals surface area contributed by atoms with Crippen LogP contribution >= 0.6 is 15.9 Å². The van der Waals surface area contributed by atoms with Crippen molar-refractivity contribution in [3.63, 3.8) is 0 Å². The molecule has 0 unspecified atom stereocenters. The summed E-state index contributed by atoms with van der Waals surface area (Å²) in [4.78, 5) is 12.0. The number of nitriles is 1. The Kier molecular flexibility index (Phi) is 4.61. The van der Waals surface area contributed by atoms with Gasteiger partial charge in [0.05, 0.1) is 22.6 Å². The number of carbonyl (C=O) groups excluding carboxylic acids is 1. The molecule has 1 heterocycles.